The Hall–Kier alpha value is -2.18. The standard InChI is InChI=1S/C16H20ClN5O/c1-22(2)10-9-18-15-8-7-14(20-21-15)16(23)19-11-12-3-5-13(17)6-4-12/h3-8H,9-11H2,1-2H3,(H,18,21)(H,19,23). The van der Waals surface area contributed by atoms with E-state index in [0.717, 1.165) is 18.7 Å². The Bertz CT molecular complexity index is 628. The van der Waals surface area contributed by atoms with Crippen molar-refractivity contribution in [1.82, 2.24) is 20.4 Å². The van der Waals surface area contributed by atoms with E-state index in [0.29, 0.717) is 17.4 Å². The van der Waals surface area contributed by atoms with Gasteiger partial charge in [-0.1, -0.05) is 23.7 Å². The first-order valence-electron chi connectivity index (χ1n) is 7.29. The van der Waals surface area contributed by atoms with Crippen molar-refractivity contribution in [2.45, 2.75) is 6.54 Å². The second kappa shape index (κ2) is 8.45. The molecule has 0 aliphatic carbocycles. The number of likely N-dealkylation sites (N-methyl/N-ethyl adjacent to an activating group) is 1. The van der Waals surface area contributed by atoms with Gasteiger partial charge in [-0.3, -0.25) is 4.79 Å². The average molecular weight is 334 g/mol. The molecule has 122 valence electrons. The summed E-state index contributed by atoms with van der Waals surface area (Å²) in [5.41, 5.74) is 1.26. The maximum absolute atomic E-state index is 12.0. The summed E-state index contributed by atoms with van der Waals surface area (Å²) in [7, 11) is 4.00. The SMILES string of the molecule is CN(C)CCNc1ccc(C(=O)NCc2ccc(Cl)cc2)nn1. The van der Waals surface area contributed by atoms with Gasteiger partial charge in [-0.05, 0) is 43.9 Å². The van der Waals surface area contributed by atoms with Crippen molar-refractivity contribution in [3.05, 3.63) is 52.7 Å². The Kier molecular flexibility index (Phi) is 6.31. The molecule has 7 heteroatoms. The van der Waals surface area contributed by atoms with Gasteiger partial charge in [0, 0.05) is 24.7 Å². The van der Waals surface area contributed by atoms with Crippen LogP contribution in [-0.2, 0) is 6.54 Å². The van der Waals surface area contributed by atoms with Gasteiger partial charge in [-0.15, -0.1) is 10.2 Å². The molecule has 0 spiro atoms. The number of nitrogens with zero attached hydrogens (tertiary/aromatic N) is 3. The van der Waals surface area contributed by atoms with Gasteiger partial charge in [0.05, 0.1) is 0 Å². The summed E-state index contributed by atoms with van der Waals surface area (Å²) in [5.74, 6) is 0.397. The fourth-order valence-electron chi connectivity index (χ4n) is 1.83. The number of halogens is 1. The number of carbonyl (C=O) groups is 1. The number of hydrogen-bond acceptors (Lipinski definition) is 5. The second-order valence-corrected chi connectivity index (χ2v) is 5.78. The van der Waals surface area contributed by atoms with Crippen LogP contribution in [0.2, 0.25) is 5.02 Å². The smallest absolute Gasteiger partial charge is 0.272 e. The Balaban J connectivity index is 1.83. The lowest BCUT2D eigenvalue weighted by Gasteiger charge is -2.10. The molecule has 1 heterocycles. The van der Waals surface area contributed by atoms with Gasteiger partial charge >= 0.3 is 0 Å². The fourth-order valence-corrected chi connectivity index (χ4v) is 1.96. The fraction of sp³-hybridized carbons (Fsp3) is 0.312. The molecule has 23 heavy (non-hydrogen) atoms. The molecule has 0 radical (unpaired) electrons. The Morgan fingerprint density at radius 3 is 2.48 bits per heavy atom. The first-order chi connectivity index (χ1) is 11.0. The molecule has 0 unspecified atom stereocenters. The number of hydrogen-bond donors (Lipinski definition) is 2. The molecule has 2 rings (SSSR count). The molecule has 1 aromatic heterocycles. The highest BCUT2D eigenvalue weighted by Crippen LogP contribution is 2.09. The monoisotopic (exact) mass is 333 g/mol. The first kappa shape index (κ1) is 17.2. The summed E-state index contributed by atoms with van der Waals surface area (Å²) in [4.78, 5) is 14.1. The molecule has 2 aromatic rings. The van der Waals surface area contributed by atoms with Crippen molar-refractivity contribution in [2.75, 3.05) is 32.5 Å². The second-order valence-electron chi connectivity index (χ2n) is 5.34. The zero-order chi connectivity index (χ0) is 16.7. The Labute approximate surface area is 140 Å². The number of aromatic nitrogens is 2. The van der Waals surface area contributed by atoms with Gasteiger partial charge < -0.3 is 15.5 Å². The summed E-state index contributed by atoms with van der Waals surface area (Å²) in [6, 6.07) is 10.7. The van der Waals surface area contributed by atoms with E-state index in [1.54, 1.807) is 24.3 Å². The van der Waals surface area contributed by atoms with Crippen LogP contribution in [0.3, 0.4) is 0 Å². The van der Waals surface area contributed by atoms with Crippen LogP contribution in [0.4, 0.5) is 5.82 Å². The van der Waals surface area contributed by atoms with Gasteiger partial charge in [0.25, 0.3) is 5.91 Å². The average Bonchev–Trinajstić information content (AvgIpc) is 2.54. The minimum absolute atomic E-state index is 0.257. The maximum atomic E-state index is 12.0. The van der Waals surface area contributed by atoms with Gasteiger partial charge in [0.1, 0.15) is 5.82 Å². The van der Waals surface area contributed by atoms with Crippen LogP contribution in [0.5, 0.6) is 0 Å². The van der Waals surface area contributed by atoms with E-state index >= 15 is 0 Å². The maximum Gasteiger partial charge on any atom is 0.272 e. The van der Waals surface area contributed by atoms with Crippen molar-refractivity contribution in [1.29, 1.82) is 0 Å². The molecule has 0 aliphatic rings. The van der Waals surface area contributed by atoms with Crippen molar-refractivity contribution in [2.24, 2.45) is 0 Å². The van der Waals surface area contributed by atoms with E-state index in [1.807, 2.05) is 26.2 Å². The number of nitrogens with one attached hydrogen (secondary N) is 2. The third-order valence-electron chi connectivity index (χ3n) is 3.13. The predicted molar refractivity (Wildman–Crippen MR) is 91.7 cm³/mol. The van der Waals surface area contributed by atoms with Crippen LogP contribution in [-0.4, -0.2) is 48.2 Å². The molecule has 1 amide bonds. The largest absolute Gasteiger partial charge is 0.367 e. The molecule has 0 atom stereocenters. The zero-order valence-corrected chi connectivity index (χ0v) is 14.0. The molecular formula is C16H20ClN5O. The molecular weight excluding hydrogens is 314 g/mol. The lowest BCUT2D eigenvalue weighted by atomic mass is 10.2. The molecule has 2 N–H and O–H groups in total. The van der Waals surface area contributed by atoms with Crippen LogP contribution in [0.15, 0.2) is 36.4 Å². The van der Waals surface area contributed by atoms with E-state index in [4.69, 9.17) is 11.6 Å². The van der Waals surface area contributed by atoms with Crippen molar-refractivity contribution >= 4 is 23.3 Å². The topological polar surface area (TPSA) is 70.2 Å². The quantitative estimate of drug-likeness (QED) is 0.811. The van der Waals surface area contributed by atoms with Gasteiger partial charge in [-0.25, -0.2) is 0 Å². The van der Waals surface area contributed by atoms with Crippen LogP contribution < -0.4 is 10.6 Å². The van der Waals surface area contributed by atoms with Crippen molar-refractivity contribution < 1.29 is 4.79 Å². The third kappa shape index (κ3) is 5.84. The lowest BCUT2D eigenvalue weighted by Crippen LogP contribution is -2.24. The van der Waals surface area contributed by atoms with Crippen molar-refractivity contribution in [3.63, 3.8) is 0 Å². The zero-order valence-electron chi connectivity index (χ0n) is 13.2. The minimum Gasteiger partial charge on any atom is -0.367 e. The van der Waals surface area contributed by atoms with E-state index in [9.17, 15) is 4.79 Å². The Morgan fingerprint density at radius 2 is 1.87 bits per heavy atom. The van der Waals surface area contributed by atoms with Crippen molar-refractivity contribution in [3.8, 4) is 0 Å². The normalized spacial score (nSPS) is 10.6. The predicted octanol–water partition coefficient (Wildman–Crippen LogP) is 2.03. The van der Waals surface area contributed by atoms with E-state index < -0.39 is 0 Å². The van der Waals surface area contributed by atoms with E-state index in [1.165, 1.54) is 0 Å². The summed E-state index contributed by atoms with van der Waals surface area (Å²) in [5, 5.41) is 14.6. The number of amides is 1. The molecule has 0 bridgehead atoms. The van der Waals surface area contributed by atoms with Gasteiger partial charge in [0.2, 0.25) is 0 Å². The van der Waals surface area contributed by atoms with Crippen LogP contribution >= 0.6 is 11.6 Å². The van der Waals surface area contributed by atoms with Crippen LogP contribution in [0, 0.1) is 0 Å². The molecule has 1 aromatic carbocycles. The third-order valence-corrected chi connectivity index (χ3v) is 3.38. The summed E-state index contributed by atoms with van der Waals surface area (Å²) in [6.07, 6.45) is 0. The molecule has 0 saturated heterocycles. The van der Waals surface area contributed by atoms with Gasteiger partial charge in [0.15, 0.2) is 5.69 Å². The first-order valence-corrected chi connectivity index (χ1v) is 7.67. The summed E-state index contributed by atoms with van der Waals surface area (Å²) < 4.78 is 0. The number of benzene rings is 1. The number of rotatable bonds is 7. The highest BCUT2D eigenvalue weighted by atomic mass is 35.5. The number of anilines is 1. The van der Waals surface area contributed by atoms with Crippen LogP contribution in [0.25, 0.3) is 0 Å². The van der Waals surface area contributed by atoms with Crippen LogP contribution in [0.1, 0.15) is 16.1 Å². The van der Waals surface area contributed by atoms with E-state index in [2.05, 4.69) is 25.7 Å². The lowest BCUT2D eigenvalue weighted by molar-refractivity contribution is 0.0945. The highest BCUT2D eigenvalue weighted by molar-refractivity contribution is 6.30. The Morgan fingerprint density at radius 1 is 1.13 bits per heavy atom. The summed E-state index contributed by atoms with van der Waals surface area (Å²) in [6.45, 7) is 2.08. The molecule has 0 saturated carbocycles. The highest BCUT2D eigenvalue weighted by Gasteiger charge is 2.08. The molecule has 0 fully saturated rings. The summed E-state index contributed by atoms with van der Waals surface area (Å²) >= 11 is 5.82. The minimum atomic E-state index is -0.257. The molecule has 6 nitrogen and oxygen atoms in total. The number of carbonyl (C=O) groups excluding carboxylic acids is 1. The van der Waals surface area contributed by atoms with Gasteiger partial charge in [-0.2, -0.15) is 0 Å². The molecule has 0 aliphatic heterocycles. The van der Waals surface area contributed by atoms with E-state index in [-0.39, 0.29) is 11.6 Å².